The number of primary sulfonamides is 1. The van der Waals surface area contributed by atoms with E-state index in [1.807, 2.05) is 0 Å². The Hall–Kier alpha value is -1.29. The van der Waals surface area contributed by atoms with Crippen molar-refractivity contribution in [3.63, 3.8) is 0 Å². The number of aliphatic hydroxyl groups excluding tert-OH is 4. The number of carbonyl (C=O) groups is 1. The van der Waals surface area contributed by atoms with Crippen LogP contribution in [0.5, 0.6) is 0 Å². The number of carbonyl (C=O) groups excluding carboxylic acids is 1. The van der Waals surface area contributed by atoms with Gasteiger partial charge in [0.25, 0.3) is 0 Å². The number of amides is 1. The fourth-order valence-electron chi connectivity index (χ4n) is 3.11. The predicted molar refractivity (Wildman–Crippen MR) is 121 cm³/mol. The van der Waals surface area contributed by atoms with Crippen LogP contribution < -0.4 is 10.5 Å². The summed E-state index contributed by atoms with van der Waals surface area (Å²) in [5.41, 5.74) is 0.886. The molecule has 13 heteroatoms. The van der Waals surface area contributed by atoms with Gasteiger partial charge in [-0.3, -0.25) is 4.79 Å². The molecule has 1 aliphatic heterocycles. The molecule has 0 radical (unpaired) electrons. The van der Waals surface area contributed by atoms with E-state index in [4.69, 9.17) is 19.7 Å². The number of ether oxygens (including phenoxy) is 2. The van der Waals surface area contributed by atoms with Crippen LogP contribution in [0.1, 0.15) is 18.4 Å². The lowest BCUT2D eigenvalue weighted by molar-refractivity contribution is -0.300. The van der Waals surface area contributed by atoms with Crippen molar-refractivity contribution in [3.8, 4) is 0 Å². The lowest BCUT2D eigenvalue weighted by Crippen LogP contribution is -2.59. The monoisotopic (exact) mass is 508 g/mol. The number of rotatable bonds is 13. The van der Waals surface area contributed by atoms with Gasteiger partial charge in [-0.1, -0.05) is 12.1 Å². The molecule has 1 saturated heterocycles. The molecule has 33 heavy (non-hydrogen) atoms. The summed E-state index contributed by atoms with van der Waals surface area (Å²) >= 11 is 1.57. The van der Waals surface area contributed by atoms with Gasteiger partial charge in [-0.25, -0.2) is 13.6 Å². The van der Waals surface area contributed by atoms with E-state index in [1.54, 1.807) is 23.9 Å². The predicted octanol–water partition coefficient (Wildman–Crippen LogP) is -1.68. The number of hydrogen-bond acceptors (Lipinski definition) is 10. The summed E-state index contributed by atoms with van der Waals surface area (Å²) in [6, 6.07) is 6.19. The molecule has 2 rings (SSSR count). The van der Waals surface area contributed by atoms with E-state index in [2.05, 4.69) is 5.32 Å². The highest BCUT2D eigenvalue weighted by molar-refractivity contribution is 7.99. The van der Waals surface area contributed by atoms with Crippen LogP contribution >= 0.6 is 11.8 Å². The van der Waals surface area contributed by atoms with E-state index < -0.39 is 47.3 Å². The quantitative estimate of drug-likeness (QED) is 0.168. The summed E-state index contributed by atoms with van der Waals surface area (Å²) in [6.45, 7) is 0.172. The second kappa shape index (κ2) is 13.6. The Morgan fingerprint density at radius 2 is 1.82 bits per heavy atom. The van der Waals surface area contributed by atoms with Gasteiger partial charge in [0, 0.05) is 18.7 Å². The molecule has 1 aromatic carbocycles. The molecule has 188 valence electrons. The number of sulfonamides is 1. The fourth-order valence-corrected chi connectivity index (χ4v) is 4.48. The van der Waals surface area contributed by atoms with Gasteiger partial charge < -0.3 is 35.2 Å². The first-order chi connectivity index (χ1) is 15.6. The number of hydrogen-bond donors (Lipinski definition) is 6. The van der Waals surface area contributed by atoms with Crippen LogP contribution in [0.4, 0.5) is 0 Å². The molecule has 1 amide bonds. The van der Waals surface area contributed by atoms with Gasteiger partial charge in [0.05, 0.1) is 18.1 Å². The Bertz CT molecular complexity index is 836. The Morgan fingerprint density at radius 1 is 1.12 bits per heavy atom. The smallest absolute Gasteiger partial charge is 0.238 e. The molecule has 1 aliphatic rings. The molecule has 1 fully saturated rings. The minimum absolute atomic E-state index is 0.0471. The Morgan fingerprint density at radius 3 is 2.45 bits per heavy atom. The van der Waals surface area contributed by atoms with Crippen LogP contribution in [0.3, 0.4) is 0 Å². The first kappa shape index (κ1) is 28.0. The lowest BCUT2D eigenvalue weighted by atomic mass is 9.99. The third-order valence-electron chi connectivity index (χ3n) is 5.02. The summed E-state index contributed by atoms with van der Waals surface area (Å²) in [4.78, 5) is 12.0. The molecule has 0 bridgehead atoms. The molecule has 11 nitrogen and oxygen atoms in total. The zero-order valence-corrected chi connectivity index (χ0v) is 19.7. The van der Waals surface area contributed by atoms with Crippen LogP contribution in [-0.4, -0.2) is 96.7 Å². The second-order valence-corrected chi connectivity index (χ2v) is 10.4. The third kappa shape index (κ3) is 9.11. The standard InChI is InChI=1S/C20H32N2O9S2/c21-33(28,29)14-4-2-13(3-5-14)6-8-22-16(24)7-11-32-10-1-9-30-20-19(27)18(26)17(25)15(12-23)31-20/h2-5,15,17-20,23,25-27H,1,6-12H2,(H,22,24)(H2,21,28,29)/t15-,17-,18+,19-,20-/m1/s1. The highest BCUT2D eigenvalue weighted by atomic mass is 32.2. The summed E-state index contributed by atoms with van der Waals surface area (Å²) in [5.74, 6) is 1.25. The highest BCUT2D eigenvalue weighted by Gasteiger charge is 2.43. The van der Waals surface area contributed by atoms with Crippen LogP contribution in [0.25, 0.3) is 0 Å². The fraction of sp³-hybridized carbons (Fsp3) is 0.650. The van der Waals surface area contributed by atoms with Crippen molar-refractivity contribution in [1.29, 1.82) is 0 Å². The van der Waals surface area contributed by atoms with E-state index in [0.29, 0.717) is 37.3 Å². The maximum absolute atomic E-state index is 11.9. The molecule has 7 N–H and O–H groups in total. The summed E-state index contributed by atoms with van der Waals surface area (Å²) in [5, 5.41) is 46.4. The van der Waals surface area contributed by atoms with Gasteiger partial charge in [-0.15, -0.1) is 0 Å². The summed E-state index contributed by atoms with van der Waals surface area (Å²) in [7, 11) is -3.71. The van der Waals surface area contributed by atoms with Gasteiger partial charge in [-0.2, -0.15) is 11.8 Å². The third-order valence-corrected chi connectivity index (χ3v) is 7.02. The van der Waals surface area contributed by atoms with Gasteiger partial charge in [-0.05, 0) is 36.3 Å². The normalized spacial score (nSPS) is 25.7. The van der Waals surface area contributed by atoms with Gasteiger partial charge in [0.1, 0.15) is 24.4 Å². The van der Waals surface area contributed by atoms with Crippen molar-refractivity contribution in [2.24, 2.45) is 5.14 Å². The topological polar surface area (TPSA) is 189 Å². The average Bonchev–Trinajstić information content (AvgIpc) is 2.78. The first-order valence-corrected chi connectivity index (χ1v) is 13.2. The molecule has 0 aliphatic carbocycles. The van der Waals surface area contributed by atoms with Gasteiger partial charge >= 0.3 is 0 Å². The highest BCUT2D eigenvalue weighted by Crippen LogP contribution is 2.22. The minimum Gasteiger partial charge on any atom is -0.394 e. The molecule has 0 saturated carbocycles. The molecule has 0 aromatic heterocycles. The molecule has 5 atom stereocenters. The van der Waals surface area contributed by atoms with Crippen molar-refractivity contribution < 1.29 is 43.1 Å². The Kier molecular flexibility index (Phi) is 11.5. The molecular weight excluding hydrogens is 476 g/mol. The molecule has 0 spiro atoms. The van der Waals surface area contributed by atoms with E-state index >= 15 is 0 Å². The van der Waals surface area contributed by atoms with Gasteiger partial charge in [0.2, 0.25) is 15.9 Å². The SMILES string of the molecule is NS(=O)(=O)c1ccc(CCNC(=O)CCSCCCO[C@@H]2O[C@H](CO)[C@@H](O)[C@H](O)[C@H]2O)cc1. The van der Waals surface area contributed by atoms with E-state index in [9.17, 15) is 28.5 Å². The van der Waals surface area contributed by atoms with Crippen molar-refractivity contribution in [2.45, 2.75) is 54.9 Å². The van der Waals surface area contributed by atoms with Crippen molar-refractivity contribution in [2.75, 3.05) is 31.3 Å². The van der Waals surface area contributed by atoms with E-state index in [0.717, 1.165) is 5.56 Å². The van der Waals surface area contributed by atoms with Crippen molar-refractivity contribution in [3.05, 3.63) is 29.8 Å². The Labute approximate surface area is 197 Å². The maximum Gasteiger partial charge on any atom is 0.238 e. The summed E-state index contributed by atoms with van der Waals surface area (Å²) in [6.07, 6.45) is -4.88. The van der Waals surface area contributed by atoms with Crippen molar-refractivity contribution in [1.82, 2.24) is 5.32 Å². The van der Waals surface area contributed by atoms with Crippen LogP contribution in [-0.2, 0) is 30.7 Å². The van der Waals surface area contributed by atoms with Crippen LogP contribution in [0.15, 0.2) is 29.2 Å². The van der Waals surface area contributed by atoms with Crippen LogP contribution in [0.2, 0.25) is 0 Å². The van der Waals surface area contributed by atoms with E-state index in [-0.39, 0.29) is 17.4 Å². The lowest BCUT2D eigenvalue weighted by Gasteiger charge is -2.39. The van der Waals surface area contributed by atoms with Crippen molar-refractivity contribution >= 4 is 27.7 Å². The zero-order chi connectivity index (χ0) is 24.4. The Balaban J connectivity index is 1.52. The first-order valence-electron chi connectivity index (χ1n) is 10.5. The number of aliphatic hydroxyl groups is 4. The number of benzene rings is 1. The average molecular weight is 509 g/mol. The summed E-state index contributed by atoms with van der Waals surface area (Å²) < 4.78 is 33.1. The molecule has 0 unspecified atom stereocenters. The number of nitrogens with one attached hydrogen (secondary N) is 1. The largest absolute Gasteiger partial charge is 0.394 e. The zero-order valence-electron chi connectivity index (χ0n) is 18.1. The minimum atomic E-state index is -3.71. The number of thioether (sulfide) groups is 1. The van der Waals surface area contributed by atoms with Gasteiger partial charge in [0.15, 0.2) is 6.29 Å². The maximum atomic E-state index is 11.9. The molecule has 1 heterocycles. The van der Waals surface area contributed by atoms with Crippen LogP contribution in [0, 0.1) is 0 Å². The number of nitrogens with two attached hydrogens (primary N) is 1. The second-order valence-electron chi connectivity index (χ2n) is 7.57. The van der Waals surface area contributed by atoms with E-state index in [1.165, 1.54) is 12.1 Å². The molecule has 1 aromatic rings. The molecular formula is C20H32N2O9S2.